The Bertz CT molecular complexity index is 1540. The number of hydrogen-bond acceptors (Lipinski definition) is 7. The van der Waals surface area contributed by atoms with Crippen LogP contribution in [0.15, 0.2) is 42.5 Å². The molecule has 6 rings (SSSR count). The van der Waals surface area contributed by atoms with Gasteiger partial charge in [-0.3, -0.25) is 0 Å². The highest BCUT2D eigenvalue weighted by molar-refractivity contribution is 6.35. The molecule has 2 saturated heterocycles. The number of benzene rings is 3. The van der Waals surface area contributed by atoms with Crippen LogP contribution in [-0.4, -0.2) is 71.9 Å². The van der Waals surface area contributed by atoms with Crippen LogP contribution in [0, 0.1) is 5.82 Å². The quantitative estimate of drug-likeness (QED) is 0.242. The number of aromatic nitrogens is 2. The molecule has 210 valence electrons. The number of piperazine rings is 1. The predicted octanol–water partition coefficient (Wildman–Crippen LogP) is 6.00. The fraction of sp³-hybridized carbons (Fsp3) is 0.419. The Morgan fingerprint density at radius 2 is 1.88 bits per heavy atom. The lowest BCUT2D eigenvalue weighted by molar-refractivity contribution is 0.250. The molecule has 0 saturated carbocycles. The van der Waals surface area contributed by atoms with Crippen LogP contribution < -0.4 is 15.0 Å². The van der Waals surface area contributed by atoms with E-state index in [9.17, 15) is 5.11 Å². The van der Waals surface area contributed by atoms with Crippen molar-refractivity contribution >= 4 is 39.1 Å². The zero-order chi connectivity index (χ0) is 27.8. The highest BCUT2D eigenvalue weighted by Crippen LogP contribution is 2.42. The molecule has 2 aliphatic heterocycles. The van der Waals surface area contributed by atoms with Gasteiger partial charge in [0.1, 0.15) is 17.1 Å². The van der Waals surface area contributed by atoms with Gasteiger partial charge < -0.3 is 25.0 Å². The topological polar surface area (TPSA) is 73.8 Å². The van der Waals surface area contributed by atoms with Gasteiger partial charge in [-0.25, -0.2) is 4.39 Å². The highest BCUT2D eigenvalue weighted by Gasteiger charge is 2.34. The summed E-state index contributed by atoms with van der Waals surface area (Å²) in [4.78, 5) is 13.9. The number of aromatic hydroxyl groups is 1. The van der Waals surface area contributed by atoms with Gasteiger partial charge in [0.05, 0.1) is 11.6 Å². The van der Waals surface area contributed by atoms with E-state index in [0.717, 1.165) is 62.6 Å². The van der Waals surface area contributed by atoms with E-state index in [-0.39, 0.29) is 27.9 Å². The molecule has 2 unspecified atom stereocenters. The van der Waals surface area contributed by atoms with Gasteiger partial charge in [-0.05, 0) is 73.8 Å². The summed E-state index contributed by atoms with van der Waals surface area (Å²) < 4.78 is 22.6. The van der Waals surface area contributed by atoms with Crippen LogP contribution in [0.1, 0.15) is 32.6 Å². The predicted molar refractivity (Wildman–Crippen MR) is 159 cm³/mol. The van der Waals surface area contributed by atoms with Gasteiger partial charge in [-0.2, -0.15) is 9.97 Å². The van der Waals surface area contributed by atoms with Crippen molar-refractivity contribution in [2.75, 3.05) is 44.7 Å². The molecule has 2 fully saturated rings. The monoisotopic (exact) mass is 563 g/mol. The molecule has 3 heterocycles. The Kier molecular flexibility index (Phi) is 7.66. The van der Waals surface area contributed by atoms with Gasteiger partial charge in [0.15, 0.2) is 5.82 Å². The van der Waals surface area contributed by atoms with E-state index in [1.807, 2.05) is 24.3 Å². The minimum absolute atomic E-state index is 0.0426. The van der Waals surface area contributed by atoms with E-state index in [2.05, 4.69) is 34.1 Å². The van der Waals surface area contributed by atoms with Gasteiger partial charge in [-0.1, -0.05) is 42.8 Å². The van der Waals surface area contributed by atoms with Crippen molar-refractivity contribution in [3.05, 3.63) is 53.3 Å². The van der Waals surface area contributed by atoms with Gasteiger partial charge in [-0.15, -0.1) is 0 Å². The molecule has 0 spiro atoms. The number of rotatable bonds is 9. The summed E-state index contributed by atoms with van der Waals surface area (Å²) in [5, 5.41) is 16.5. The summed E-state index contributed by atoms with van der Waals surface area (Å²) in [5.74, 6) is 0.142. The Labute approximate surface area is 238 Å². The third kappa shape index (κ3) is 5.28. The second-order valence-electron chi connectivity index (χ2n) is 11.0. The zero-order valence-electron chi connectivity index (χ0n) is 23.0. The molecule has 0 radical (unpaired) electrons. The molecular formula is C31H35ClFN5O2. The number of phenolic OH excluding ortho intramolecular Hbond substituents is 1. The van der Waals surface area contributed by atoms with E-state index >= 15 is 4.39 Å². The maximum Gasteiger partial charge on any atom is 0.319 e. The molecule has 4 aromatic rings. The second-order valence-corrected chi connectivity index (χ2v) is 11.4. The lowest BCUT2D eigenvalue weighted by Crippen LogP contribution is -2.51. The SMILES string of the molecule is CCCN(C)CCCOc1nc(N2CC3CCC(C2)N3)c2cc(Cl)c(-c3cc(O)cc4ccccc34)c(F)c2n1. The summed E-state index contributed by atoms with van der Waals surface area (Å²) >= 11 is 6.83. The number of fused-ring (bicyclic) bond motifs is 4. The molecule has 0 amide bonds. The molecule has 1 aromatic heterocycles. The Hall–Kier alpha value is -3.20. The molecule has 0 aliphatic carbocycles. The summed E-state index contributed by atoms with van der Waals surface area (Å²) in [5.41, 5.74) is 0.890. The van der Waals surface area contributed by atoms with Crippen molar-refractivity contribution in [3.8, 4) is 22.9 Å². The minimum Gasteiger partial charge on any atom is -0.508 e. The maximum absolute atomic E-state index is 16.6. The van der Waals surface area contributed by atoms with Crippen LogP contribution in [-0.2, 0) is 0 Å². The summed E-state index contributed by atoms with van der Waals surface area (Å²) in [6, 6.07) is 13.4. The average molecular weight is 564 g/mol. The average Bonchev–Trinajstić information content (AvgIpc) is 3.28. The fourth-order valence-corrected chi connectivity index (χ4v) is 6.47. The second kappa shape index (κ2) is 11.4. The van der Waals surface area contributed by atoms with E-state index in [1.54, 1.807) is 18.2 Å². The third-order valence-corrected chi connectivity index (χ3v) is 8.29. The van der Waals surface area contributed by atoms with Crippen LogP contribution in [0.3, 0.4) is 0 Å². The van der Waals surface area contributed by atoms with Crippen LogP contribution in [0.25, 0.3) is 32.8 Å². The Morgan fingerprint density at radius 3 is 2.65 bits per heavy atom. The van der Waals surface area contributed by atoms with Crippen molar-refractivity contribution in [2.45, 2.75) is 44.7 Å². The Balaban J connectivity index is 1.44. The van der Waals surface area contributed by atoms with Gasteiger partial charge in [0.2, 0.25) is 0 Å². The van der Waals surface area contributed by atoms with Crippen LogP contribution in [0.4, 0.5) is 10.2 Å². The standard InChI is InChI=1S/C31H35ClFN5O2/c1-3-11-37(2)12-6-13-40-31-35-29-25(30(36-31)38-17-20-9-10-21(18-38)34-20)16-26(32)27(28(29)33)24-15-22(39)14-19-7-4-5-8-23(19)24/h4-5,7-8,14-16,20-21,34,39H,3,6,9-13,17-18H2,1-2H3. The first-order chi connectivity index (χ1) is 19.4. The normalized spacial score (nSPS) is 18.8. The molecule has 2 aliphatic rings. The van der Waals surface area contributed by atoms with E-state index in [4.69, 9.17) is 21.3 Å². The summed E-state index contributed by atoms with van der Waals surface area (Å²) in [6.45, 7) is 6.08. The lowest BCUT2D eigenvalue weighted by atomic mass is 9.96. The largest absolute Gasteiger partial charge is 0.508 e. The van der Waals surface area contributed by atoms with Crippen molar-refractivity contribution in [2.24, 2.45) is 0 Å². The first kappa shape index (κ1) is 27.0. The number of hydrogen-bond donors (Lipinski definition) is 2. The van der Waals surface area contributed by atoms with E-state index in [0.29, 0.717) is 35.5 Å². The number of ether oxygens (including phenoxy) is 1. The summed E-state index contributed by atoms with van der Waals surface area (Å²) in [6.07, 6.45) is 4.14. The number of halogens is 2. The zero-order valence-corrected chi connectivity index (χ0v) is 23.7. The molecule has 40 heavy (non-hydrogen) atoms. The first-order valence-electron chi connectivity index (χ1n) is 14.2. The molecular weight excluding hydrogens is 529 g/mol. The molecule has 2 bridgehead atoms. The number of phenols is 1. The molecule has 2 atom stereocenters. The molecule has 2 N–H and O–H groups in total. The number of nitrogens with zero attached hydrogens (tertiary/aromatic N) is 4. The van der Waals surface area contributed by atoms with E-state index in [1.165, 1.54) is 0 Å². The van der Waals surface area contributed by atoms with Crippen molar-refractivity contribution in [1.82, 2.24) is 20.2 Å². The van der Waals surface area contributed by atoms with Crippen molar-refractivity contribution in [3.63, 3.8) is 0 Å². The van der Waals surface area contributed by atoms with Crippen LogP contribution >= 0.6 is 11.6 Å². The van der Waals surface area contributed by atoms with Crippen LogP contribution in [0.5, 0.6) is 11.8 Å². The molecule has 3 aromatic carbocycles. The number of nitrogens with one attached hydrogen (secondary N) is 1. The van der Waals surface area contributed by atoms with Crippen molar-refractivity contribution < 1.29 is 14.2 Å². The Morgan fingerprint density at radius 1 is 1.10 bits per heavy atom. The van der Waals surface area contributed by atoms with Crippen molar-refractivity contribution in [1.29, 1.82) is 0 Å². The third-order valence-electron chi connectivity index (χ3n) is 7.99. The molecule has 9 heteroatoms. The highest BCUT2D eigenvalue weighted by atomic mass is 35.5. The lowest BCUT2D eigenvalue weighted by Gasteiger charge is -2.34. The molecule has 7 nitrogen and oxygen atoms in total. The smallest absolute Gasteiger partial charge is 0.319 e. The maximum atomic E-state index is 16.6. The van der Waals surface area contributed by atoms with Gasteiger partial charge in [0, 0.05) is 42.7 Å². The van der Waals surface area contributed by atoms with Gasteiger partial charge >= 0.3 is 6.01 Å². The van der Waals surface area contributed by atoms with Crippen LogP contribution in [0.2, 0.25) is 5.02 Å². The number of anilines is 1. The summed E-state index contributed by atoms with van der Waals surface area (Å²) in [7, 11) is 2.10. The van der Waals surface area contributed by atoms with Gasteiger partial charge in [0.25, 0.3) is 0 Å². The first-order valence-corrected chi connectivity index (χ1v) is 14.5. The van der Waals surface area contributed by atoms with E-state index < -0.39 is 5.82 Å². The minimum atomic E-state index is -0.549. The fourth-order valence-electron chi connectivity index (χ4n) is 6.18.